The minimum Gasteiger partial charge on any atom is -0.449 e. The number of nitrogens with one attached hydrogen (secondary N) is 1. The van der Waals surface area contributed by atoms with E-state index in [1.54, 1.807) is 18.2 Å². The summed E-state index contributed by atoms with van der Waals surface area (Å²) in [7, 11) is 0. The number of fused-ring (bicyclic) bond motifs is 1. The van der Waals surface area contributed by atoms with Crippen LogP contribution in [0.5, 0.6) is 0 Å². The Kier molecular flexibility index (Phi) is 3.53. The van der Waals surface area contributed by atoms with Gasteiger partial charge in [-0.15, -0.1) is 0 Å². The molecule has 0 saturated carbocycles. The fourth-order valence-electron chi connectivity index (χ4n) is 2.01. The molecule has 2 aromatic rings. The van der Waals surface area contributed by atoms with Gasteiger partial charge in [0, 0.05) is 11.8 Å². The van der Waals surface area contributed by atoms with Gasteiger partial charge in [0.25, 0.3) is 5.91 Å². The Morgan fingerprint density at radius 3 is 2.50 bits per heavy atom. The Bertz CT molecular complexity index is 665. The maximum absolute atomic E-state index is 12.0. The molecule has 106 valence electrons. The standard InChI is InChI=1S/C15H18N2O3/c1-15(2,3)8-11(18)17-12-9-6-4-5-7-10(9)20-13(12)14(16)19/h4-7H,8H2,1-3H3,(H2,16,19)(H,17,18). The second kappa shape index (κ2) is 5.00. The molecule has 0 atom stereocenters. The topological polar surface area (TPSA) is 85.3 Å². The summed E-state index contributed by atoms with van der Waals surface area (Å²) in [5.41, 5.74) is 6.03. The molecule has 0 saturated heterocycles. The third kappa shape index (κ3) is 2.99. The Hall–Kier alpha value is -2.30. The number of furan rings is 1. The monoisotopic (exact) mass is 274 g/mol. The van der Waals surface area contributed by atoms with Crippen LogP contribution in [0.1, 0.15) is 37.7 Å². The first-order chi connectivity index (χ1) is 9.28. The molecule has 20 heavy (non-hydrogen) atoms. The van der Waals surface area contributed by atoms with E-state index >= 15 is 0 Å². The number of nitrogens with two attached hydrogens (primary N) is 1. The van der Waals surface area contributed by atoms with Crippen LogP contribution in [0.4, 0.5) is 5.69 Å². The number of benzene rings is 1. The quantitative estimate of drug-likeness (QED) is 0.902. The SMILES string of the molecule is CC(C)(C)CC(=O)Nc1c(C(N)=O)oc2ccccc12. The lowest BCUT2D eigenvalue weighted by molar-refractivity contribution is -0.117. The normalized spacial score (nSPS) is 11.6. The number of rotatable bonds is 3. The number of hydrogen-bond donors (Lipinski definition) is 2. The lowest BCUT2D eigenvalue weighted by Gasteiger charge is -2.17. The van der Waals surface area contributed by atoms with Crippen LogP contribution in [0, 0.1) is 5.41 Å². The van der Waals surface area contributed by atoms with E-state index in [2.05, 4.69) is 5.32 Å². The number of carbonyl (C=O) groups excluding carboxylic acids is 2. The van der Waals surface area contributed by atoms with E-state index in [0.717, 1.165) is 0 Å². The number of primary amides is 1. The first kappa shape index (κ1) is 14.1. The van der Waals surface area contributed by atoms with Crippen molar-refractivity contribution < 1.29 is 14.0 Å². The smallest absolute Gasteiger partial charge is 0.286 e. The Morgan fingerprint density at radius 1 is 1.25 bits per heavy atom. The maximum Gasteiger partial charge on any atom is 0.286 e. The van der Waals surface area contributed by atoms with Gasteiger partial charge in [-0.25, -0.2) is 0 Å². The van der Waals surface area contributed by atoms with Gasteiger partial charge in [0.2, 0.25) is 11.7 Å². The summed E-state index contributed by atoms with van der Waals surface area (Å²) in [6, 6.07) is 7.10. The molecule has 1 aromatic heterocycles. The summed E-state index contributed by atoms with van der Waals surface area (Å²) in [5.74, 6) is -0.896. The fraction of sp³-hybridized carbons (Fsp3) is 0.333. The molecular weight excluding hydrogens is 256 g/mol. The number of amides is 2. The first-order valence-corrected chi connectivity index (χ1v) is 6.39. The first-order valence-electron chi connectivity index (χ1n) is 6.39. The van der Waals surface area contributed by atoms with Crippen LogP contribution in [0.25, 0.3) is 11.0 Å². The molecule has 0 spiro atoms. The van der Waals surface area contributed by atoms with Crippen molar-refractivity contribution in [1.82, 2.24) is 0 Å². The number of carbonyl (C=O) groups is 2. The number of anilines is 1. The molecule has 2 amide bonds. The third-order valence-electron chi connectivity index (χ3n) is 2.77. The predicted molar refractivity (Wildman–Crippen MR) is 77.4 cm³/mol. The zero-order chi connectivity index (χ0) is 14.9. The van der Waals surface area contributed by atoms with Crippen LogP contribution >= 0.6 is 0 Å². The van der Waals surface area contributed by atoms with Crippen molar-refractivity contribution in [2.75, 3.05) is 5.32 Å². The molecule has 0 bridgehead atoms. The van der Waals surface area contributed by atoms with E-state index in [4.69, 9.17) is 10.2 Å². The highest BCUT2D eigenvalue weighted by atomic mass is 16.3. The largest absolute Gasteiger partial charge is 0.449 e. The second-order valence-corrected chi connectivity index (χ2v) is 5.95. The Balaban J connectivity index is 2.39. The molecular formula is C15H18N2O3. The molecule has 0 aliphatic carbocycles. The lowest BCUT2D eigenvalue weighted by Crippen LogP contribution is -2.21. The fourth-order valence-corrected chi connectivity index (χ4v) is 2.01. The highest BCUT2D eigenvalue weighted by Gasteiger charge is 2.22. The van der Waals surface area contributed by atoms with Crippen LogP contribution in [0.3, 0.4) is 0 Å². The van der Waals surface area contributed by atoms with Crippen molar-refractivity contribution in [2.24, 2.45) is 11.1 Å². The second-order valence-electron chi connectivity index (χ2n) is 5.95. The van der Waals surface area contributed by atoms with Gasteiger partial charge >= 0.3 is 0 Å². The van der Waals surface area contributed by atoms with E-state index in [1.807, 2.05) is 26.8 Å². The molecule has 0 radical (unpaired) electrons. The predicted octanol–water partition coefficient (Wildman–Crippen LogP) is 2.91. The maximum atomic E-state index is 12.0. The zero-order valence-electron chi connectivity index (χ0n) is 11.8. The molecule has 1 aromatic carbocycles. The summed E-state index contributed by atoms with van der Waals surface area (Å²) in [4.78, 5) is 23.5. The average molecular weight is 274 g/mol. The van der Waals surface area contributed by atoms with Gasteiger partial charge in [-0.2, -0.15) is 0 Å². The number of para-hydroxylation sites is 1. The van der Waals surface area contributed by atoms with Crippen LogP contribution in [0.2, 0.25) is 0 Å². The van der Waals surface area contributed by atoms with E-state index in [9.17, 15) is 9.59 Å². The highest BCUT2D eigenvalue weighted by Crippen LogP contribution is 2.31. The molecule has 0 unspecified atom stereocenters. The van der Waals surface area contributed by atoms with Crippen LogP contribution in [-0.4, -0.2) is 11.8 Å². The van der Waals surface area contributed by atoms with E-state index in [1.165, 1.54) is 0 Å². The van der Waals surface area contributed by atoms with Crippen LogP contribution in [0.15, 0.2) is 28.7 Å². The highest BCUT2D eigenvalue weighted by molar-refractivity contribution is 6.10. The average Bonchev–Trinajstić information content (AvgIpc) is 2.66. The van der Waals surface area contributed by atoms with E-state index in [0.29, 0.717) is 23.1 Å². The summed E-state index contributed by atoms with van der Waals surface area (Å²) in [5, 5.41) is 3.41. The molecule has 5 nitrogen and oxygen atoms in total. The van der Waals surface area contributed by atoms with Crippen LogP contribution < -0.4 is 11.1 Å². The minimum atomic E-state index is -0.702. The van der Waals surface area contributed by atoms with E-state index < -0.39 is 5.91 Å². The minimum absolute atomic E-state index is 0.0199. The summed E-state index contributed by atoms with van der Waals surface area (Å²) in [6.45, 7) is 5.90. The van der Waals surface area contributed by atoms with Gasteiger partial charge < -0.3 is 15.5 Å². The molecule has 5 heteroatoms. The van der Waals surface area contributed by atoms with Gasteiger partial charge in [-0.05, 0) is 17.5 Å². The summed E-state index contributed by atoms with van der Waals surface area (Å²) >= 11 is 0. The molecule has 1 heterocycles. The van der Waals surface area contributed by atoms with E-state index in [-0.39, 0.29) is 17.1 Å². The van der Waals surface area contributed by atoms with Gasteiger partial charge in [0.15, 0.2) is 0 Å². The summed E-state index contributed by atoms with van der Waals surface area (Å²) < 4.78 is 5.40. The zero-order valence-corrected chi connectivity index (χ0v) is 11.8. The third-order valence-corrected chi connectivity index (χ3v) is 2.77. The van der Waals surface area contributed by atoms with Crippen molar-refractivity contribution in [3.8, 4) is 0 Å². The van der Waals surface area contributed by atoms with Crippen LogP contribution in [-0.2, 0) is 4.79 Å². The van der Waals surface area contributed by atoms with Crippen molar-refractivity contribution in [3.05, 3.63) is 30.0 Å². The van der Waals surface area contributed by atoms with Gasteiger partial charge in [-0.3, -0.25) is 9.59 Å². The van der Waals surface area contributed by atoms with Gasteiger partial charge in [0.1, 0.15) is 11.3 Å². The van der Waals surface area contributed by atoms with Crippen molar-refractivity contribution in [2.45, 2.75) is 27.2 Å². The lowest BCUT2D eigenvalue weighted by atomic mass is 9.92. The number of hydrogen-bond acceptors (Lipinski definition) is 3. The molecule has 3 N–H and O–H groups in total. The molecule has 0 fully saturated rings. The Morgan fingerprint density at radius 2 is 1.90 bits per heavy atom. The van der Waals surface area contributed by atoms with Crippen molar-refractivity contribution in [3.63, 3.8) is 0 Å². The summed E-state index contributed by atoms with van der Waals surface area (Å²) in [6.07, 6.45) is 0.338. The van der Waals surface area contributed by atoms with Gasteiger partial charge in [0.05, 0.1) is 0 Å². The molecule has 0 aliphatic rings. The Labute approximate surface area is 117 Å². The molecule has 2 rings (SSSR count). The van der Waals surface area contributed by atoms with Gasteiger partial charge in [-0.1, -0.05) is 32.9 Å². The van der Waals surface area contributed by atoms with Crippen molar-refractivity contribution >= 4 is 28.5 Å². The molecule has 0 aliphatic heterocycles. The van der Waals surface area contributed by atoms with Crippen molar-refractivity contribution in [1.29, 1.82) is 0 Å².